The number of oxazole rings is 1. The second-order valence-corrected chi connectivity index (χ2v) is 11.6. The molecule has 8 nitrogen and oxygen atoms in total. The molecular formula is C28H26ClN3O5S. The van der Waals surface area contributed by atoms with E-state index in [1.54, 1.807) is 6.07 Å². The van der Waals surface area contributed by atoms with Gasteiger partial charge in [0.05, 0.1) is 4.90 Å². The molecule has 0 amide bonds. The molecule has 38 heavy (non-hydrogen) atoms. The van der Waals surface area contributed by atoms with Gasteiger partial charge in [-0.05, 0) is 49.4 Å². The zero-order valence-corrected chi connectivity index (χ0v) is 22.3. The van der Waals surface area contributed by atoms with E-state index in [2.05, 4.69) is 9.88 Å². The van der Waals surface area contributed by atoms with E-state index < -0.39 is 9.84 Å². The molecule has 2 aliphatic rings. The quantitative estimate of drug-likeness (QED) is 0.333. The second kappa shape index (κ2) is 9.89. The van der Waals surface area contributed by atoms with Crippen molar-refractivity contribution in [2.24, 2.45) is 0 Å². The summed E-state index contributed by atoms with van der Waals surface area (Å²) in [5, 5.41) is 0.566. The van der Waals surface area contributed by atoms with Gasteiger partial charge >= 0.3 is 0 Å². The van der Waals surface area contributed by atoms with Crippen LogP contribution in [-0.4, -0.2) is 52.8 Å². The molecule has 0 unspecified atom stereocenters. The highest BCUT2D eigenvalue weighted by atomic mass is 35.5. The van der Waals surface area contributed by atoms with Gasteiger partial charge in [-0.25, -0.2) is 8.42 Å². The number of piperazine rings is 1. The average Bonchev–Trinajstić information content (AvgIpc) is 3.40. The molecule has 4 aromatic rings. The highest BCUT2D eigenvalue weighted by molar-refractivity contribution is 7.91. The number of halogens is 1. The van der Waals surface area contributed by atoms with Crippen molar-refractivity contribution in [2.75, 3.05) is 49.2 Å². The van der Waals surface area contributed by atoms with E-state index >= 15 is 0 Å². The van der Waals surface area contributed by atoms with E-state index in [4.69, 9.17) is 25.5 Å². The van der Waals surface area contributed by atoms with Gasteiger partial charge in [-0.3, -0.25) is 0 Å². The Hall–Kier alpha value is -3.69. The summed E-state index contributed by atoms with van der Waals surface area (Å²) < 4.78 is 45.3. The number of hydrogen-bond donors (Lipinski definition) is 0. The Labute approximate surface area is 226 Å². The fourth-order valence-corrected chi connectivity index (χ4v) is 6.16. The maximum Gasteiger partial charge on any atom is 0.236 e. The molecule has 0 spiro atoms. The van der Waals surface area contributed by atoms with Gasteiger partial charge in [0, 0.05) is 48.5 Å². The highest BCUT2D eigenvalue weighted by Crippen LogP contribution is 2.38. The third kappa shape index (κ3) is 4.68. The Morgan fingerprint density at radius 3 is 2.29 bits per heavy atom. The van der Waals surface area contributed by atoms with Gasteiger partial charge in [-0.1, -0.05) is 35.4 Å². The van der Waals surface area contributed by atoms with Crippen LogP contribution < -0.4 is 19.3 Å². The van der Waals surface area contributed by atoms with E-state index in [1.165, 1.54) is 12.1 Å². The smallest absolute Gasteiger partial charge is 0.236 e. The van der Waals surface area contributed by atoms with Crippen molar-refractivity contribution in [2.45, 2.75) is 16.8 Å². The summed E-state index contributed by atoms with van der Waals surface area (Å²) in [5.41, 5.74) is 2.82. The van der Waals surface area contributed by atoms with Crippen molar-refractivity contribution in [1.82, 2.24) is 4.98 Å². The summed E-state index contributed by atoms with van der Waals surface area (Å²) in [6.45, 7) is 5.22. The zero-order valence-electron chi connectivity index (χ0n) is 20.8. The largest absolute Gasteiger partial charge is 0.486 e. The third-order valence-corrected chi connectivity index (χ3v) is 8.58. The van der Waals surface area contributed by atoms with Crippen molar-refractivity contribution in [1.29, 1.82) is 0 Å². The maximum absolute atomic E-state index is 13.9. The van der Waals surface area contributed by atoms with Gasteiger partial charge in [0.2, 0.25) is 26.6 Å². The highest BCUT2D eigenvalue weighted by Gasteiger charge is 2.34. The molecular weight excluding hydrogens is 526 g/mol. The number of rotatable bonds is 5. The Balaban J connectivity index is 1.36. The lowest BCUT2D eigenvalue weighted by Crippen LogP contribution is -2.46. The first-order valence-electron chi connectivity index (χ1n) is 12.4. The van der Waals surface area contributed by atoms with E-state index in [9.17, 15) is 8.42 Å². The number of nitrogens with zero attached hydrogens (tertiary/aromatic N) is 3. The Morgan fingerprint density at radius 1 is 0.842 bits per heavy atom. The van der Waals surface area contributed by atoms with Crippen molar-refractivity contribution in [3.05, 3.63) is 77.3 Å². The lowest BCUT2D eigenvalue weighted by Gasteiger charge is -2.36. The topological polar surface area (TPSA) is 85.1 Å². The van der Waals surface area contributed by atoms with Gasteiger partial charge in [0.15, 0.2) is 11.5 Å². The predicted octanol–water partition coefficient (Wildman–Crippen LogP) is 5.23. The number of sulfone groups is 1. The molecule has 0 atom stereocenters. The molecule has 0 aliphatic carbocycles. The number of anilines is 2. The van der Waals surface area contributed by atoms with Crippen LogP contribution in [0.4, 0.5) is 11.6 Å². The van der Waals surface area contributed by atoms with Crippen molar-refractivity contribution < 1.29 is 22.3 Å². The molecule has 0 bridgehead atoms. The molecule has 1 fully saturated rings. The van der Waals surface area contributed by atoms with Crippen LogP contribution in [0.1, 0.15) is 5.56 Å². The summed E-state index contributed by atoms with van der Waals surface area (Å²) in [6, 6.07) is 20.0. The number of aryl methyl sites for hydroxylation is 1. The van der Waals surface area contributed by atoms with E-state index in [0.29, 0.717) is 61.5 Å². The molecule has 3 aromatic carbocycles. The number of aromatic nitrogens is 1. The molecule has 1 saturated heterocycles. The molecule has 1 aromatic heterocycles. The minimum atomic E-state index is -4.03. The monoisotopic (exact) mass is 551 g/mol. The SMILES string of the molecule is Cc1ccc(-c2nc(S(=O)(=O)c3ccc4c(c3)OCCO4)c(N3CCN(c4cccc(Cl)c4)CC3)o2)cc1. The van der Waals surface area contributed by atoms with E-state index in [1.807, 2.05) is 60.4 Å². The van der Waals surface area contributed by atoms with Crippen LogP contribution in [0, 0.1) is 6.92 Å². The number of fused-ring (bicyclic) bond motifs is 1. The summed E-state index contributed by atoms with van der Waals surface area (Å²) in [7, 11) is -4.03. The first-order valence-corrected chi connectivity index (χ1v) is 14.2. The summed E-state index contributed by atoms with van der Waals surface area (Å²) in [4.78, 5) is 8.77. The van der Waals surface area contributed by atoms with Crippen molar-refractivity contribution >= 4 is 33.0 Å². The Kier molecular flexibility index (Phi) is 6.41. The van der Waals surface area contributed by atoms with Crippen molar-refractivity contribution in [3.63, 3.8) is 0 Å². The first kappa shape index (κ1) is 24.6. The van der Waals surface area contributed by atoms with E-state index in [0.717, 1.165) is 11.3 Å². The number of hydrogen-bond acceptors (Lipinski definition) is 8. The molecule has 196 valence electrons. The van der Waals surface area contributed by atoms with Gasteiger partial charge in [-0.2, -0.15) is 4.98 Å². The van der Waals surface area contributed by atoms with Crippen LogP contribution in [0.3, 0.4) is 0 Å². The molecule has 2 aliphatic heterocycles. The molecule has 6 rings (SSSR count). The second-order valence-electron chi connectivity index (χ2n) is 9.26. The fraction of sp³-hybridized carbons (Fsp3) is 0.250. The van der Waals surface area contributed by atoms with Crippen molar-refractivity contribution in [3.8, 4) is 23.0 Å². The van der Waals surface area contributed by atoms with Crippen LogP contribution >= 0.6 is 11.6 Å². The van der Waals surface area contributed by atoms with Crippen LogP contribution in [0.15, 0.2) is 81.1 Å². The molecule has 3 heterocycles. The number of benzene rings is 3. The normalized spacial score (nSPS) is 15.5. The summed E-state index contributed by atoms with van der Waals surface area (Å²) in [5.74, 6) is 1.42. The van der Waals surface area contributed by atoms with Crippen LogP contribution in [-0.2, 0) is 9.84 Å². The molecule has 0 radical (unpaired) electrons. The van der Waals surface area contributed by atoms with Crippen LogP contribution in [0.2, 0.25) is 5.02 Å². The summed E-state index contributed by atoms with van der Waals surface area (Å²) in [6.07, 6.45) is 0. The Bertz CT molecular complexity index is 1580. The maximum atomic E-state index is 13.9. The van der Waals surface area contributed by atoms with Crippen LogP contribution in [0.5, 0.6) is 11.5 Å². The lowest BCUT2D eigenvalue weighted by molar-refractivity contribution is 0.171. The average molecular weight is 552 g/mol. The third-order valence-electron chi connectivity index (χ3n) is 6.70. The molecule has 0 N–H and O–H groups in total. The predicted molar refractivity (Wildman–Crippen MR) is 145 cm³/mol. The zero-order chi connectivity index (χ0) is 26.3. The molecule has 0 saturated carbocycles. The molecule has 10 heteroatoms. The number of ether oxygens (including phenoxy) is 2. The minimum absolute atomic E-state index is 0.0734. The van der Waals surface area contributed by atoms with Gasteiger partial charge < -0.3 is 23.7 Å². The van der Waals surface area contributed by atoms with Gasteiger partial charge in [-0.15, -0.1) is 0 Å². The first-order chi connectivity index (χ1) is 18.4. The van der Waals surface area contributed by atoms with Gasteiger partial charge in [0.25, 0.3) is 0 Å². The Morgan fingerprint density at radius 2 is 1.55 bits per heavy atom. The van der Waals surface area contributed by atoms with Crippen LogP contribution in [0.25, 0.3) is 11.5 Å². The van der Waals surface area contributed by atoms with E-state index in [-0.39, 0.29) is 21.7 Å². The standard InChI is InChI=1S/C28H26ClN3O5S/c1-19-5-7-20(8-6-19)26-30-27(38(33,34)23-9-10-24-25(18-23)36-16-15-35-24)28(37-26)32-13-11-31(12-14-32)22-4-2-3-21(29)17-22/h2-10,17-18H,11-16H2,1H3. The lowest BCUT2D eigenvalue weighted by atomic mass is 10.1. The van der Waals surface area contributed by atoms with Gasteiger partial charge in [0.1, 0.15) is 13.2 Å². The fourth-order valence-electron chi connectivity index (χ4n) is 4.64. The summed E-state index contributed by atoms with van der Waals surface area (Å²) >= 11 is 6.19. The minimum Gasteiger partial charge on any atom is -0.486 e.